The topological polar surface area (TPSA) is 91.8 Å². The number of hydrogen-bond acceptors (Lipinski definition) is 4. The molecule has 0 radical (unpaired) electrons. The van der Waals surface area contributed by atoms with E-state index in [-0.39, 0.29) is 24.4 Å². The number of guanidine groups is 1. The Balaban J connectivity index is 2.73. The van der Waals surface area contributed by atoms with Crippen LogP contribution in [0, 0.1) is 0 Å². The first kappa shape index (κ1) is 25.0. The highest BCUT2D eigenvalue weighted by molar-refractivity contribution is 7.88. The summed E-state index contributed by atoms with van der Waals surface area (Å²) in [6.07, 6.45) is -2.97. The summed E-state index contributed by atoms with van der Waals surface area (Å²) >= 11 is 0. The van der Waals surface area contributed by atoms with E-state index in [1.54, 1.807) is 20.8 Å². The summed E-state index contributed by atoms with van der Waals surface area (Å²) in [4.78, 5) is 3.96. The molecule has 0 aliphatic rings. The van der Waals surface area contributed by atoms with Crippen molar-refractivity contribution < 1.29 is 26.3 Å². The third-order valence-electron chi connectivity index (χ3n) is 3.49. The van der Waals surface area contributed by atoms with Gasteiger partial charge in [-0.25, -0.2) is 13.1 Å². The molecule has 166 valence electrons. The van der Waals surface area contributed by atoms with E-state index < -0.39 is 27.4 Å². The fraction of sp³-hybridized carbons (Fsp3) is 0.611. The summed E-state index contributed by atoms with van der Waals surface area (Å²) < 4.78 is 70.3. The predicted octanol–water partition coefficient (Wildman–Crippen LogP) is 2.49. The van der Waals surface area contributed by atoms with Gasteiger partial charge in [-0.15, -0.1) is 0 Å². The molecular weight excluding hydrogens is 409 g/mol. The average molecular weight is 439 g/mol. The van der Waals surface area contributed by atoms with Gasteiger partial charge in [-0.2, -0.15) is 13.2 Å². The van der Waals surface area contributed by atoms with Crippen LogP contribution in [0.25, 0.3) is 0 Å². The van der Waals surface area contributed by atoms with E-state index in [9.17, 15) is 21.6 Å². The summed E-state index contributed by atoms with van der Waals surface area (Å²) in [5, 5.41) is 5.76. The van der Waals surface area contributed by atoms with Gasteiger partial charge in [-0.1, -0.05) is 6.07 Å². The highest BCUT2D eigenvalue weighted by Crippen LogP contribution is 2.35. The second kappa shape index (κ2) is 10.1. The molecule has 0 fully saturated rings. The van der Waals surface area contributed by atoms with E-state index in [4.69, 9.17) is 4.74 Å². The van der Waals surface area contributed by atoms with E-state index >= 15 is 0 Å². The molecule has 1 rings (SSSR count). The largest absolute Gasteiger partial charge is 0.488 e. The molecule has 29 heavy (non-hydrogen) atoms. The molecular formula is C18H29F3N4O3S. The van der Waals surface area contributed by atoms with Gasteiger partial charge in [-0.05, 0) is 44.9 Å². The minimum Gasteiger partial charge on any atom is -0.488 e. The van der Waals surface area contributed by atoms with Crippen molar-refractivity contribution in [3.63, 3.8) is 0 Å². The normalized spacial score (nSPS) is 13.3. The van der Waals surface area contributed by atoms with Gasteiger partial charge < -0.3 is 15.4 Å². The Bertz CT molecular complexity index is 804. The van der Waals surface area contributed by atoms with Crippen molar-refractivity contribution in [3.05, 3.63) is 29.3 Å². The fourth-order valence-corrected chi connectivity index (χ4v) is 2.86. The predicted molar refractivity (Wildman–Crippen MR) is 107 cm³/mol. The van der Waals surface area contributed by atoms with E-state index in [2.05, 4.69) is 20.3 Å². The molecule has 0 aliphatic carbocycles. The standard InChI is InChI=1S/C18H29F3N4O3S/c1-17(2,3)28-14-8-7-13(15(11-14)18(19,20)21)12-24-16(22-4)23-9-6-10-25-29(5,26)27/h7-8,11,25H,6,9-10,12H2,1-5H3,(H2,22,23,24). The third kappa shape index (κ3) is 10.4. The van der Waals surface area contributed by atoms with Crippen LogP contribution in [0.1, 0.15) is 38.3 Å². The van der Waals surface area contributed by atoms with Crippen LogP contribution in [0.3, 0.4) is 0 Å². The van der Waals surface area contributed by atoms with E-state index in [1.165, 1.54) is 19.2 Å². The second-order valence-electron chi connectivity index (χ2n) is 7.40. The fourth-order valence-electron chi connectivity index (χ4n) is 2.34. The maximum atomic E-state index is 13.5. The zero-order chi connectivity index (χ0) is 22.3. The Morgan fingerprint density at radius 3 is 2.31 bits per heavy atom. The minimum absolute atomic E-state index is 0.0560. The first-order chi connectivity index (χ1) is 13.2. The summed E-state index contributed by atoms with van der Waals surface area (Å²) in [7, 11) is -1.76. The van der Waals surface area contributed by atoms with Gasteiger partial charge in [0.2, 0.25) is 10.0 Å². The van der Waals surface area contributed by atoms with E-state index in [1.807, 2.05) is 0 Å². The molecule has 0 saturated carbocycles. The highest BCUT2D eigenvalue weighted by atomic mass is 32.2. The monoisotopic (exact) mass is 438 g/mol. The van der Waals surface area contributed by atoms with Gasteiger partial charge >= 0.3 is 6.18 Å². The first-order valence-electron chi connectivity index (χ1n) is 8.99. The van der Waals surface area contributed by atoms with E-state index in [0.717, 1.165) is 12.3 Å². The smallest absolute Gasteiger partial charge is 0.416 e. The zero-order valence-corrected chi connectivity index (χ0v) is 18.1. The van der Waals surface area contributed by atoms with Crippen LogP contribution in [0.15, 0.2) is 23.2 Å². The zero-order valence-electron chi connectivity index (χ0n) is 17.3. The van der Waals surface area contributed by atoms with Gasteiger partial charge in [0.05, 0.1) is 11.8 Å². The lowest BCUT2D eigenvalue weighted by molar-refractivity contribution is -0.138. The van der Waals surface area contributed by atoms with Gasteiger partial charge in [0, 0.05) is 26.7 Å². The molecule has 0 bridgehead atoms. The highest BCUT2D eigenvalue weighted by Gasteiger charge is 2.34. The molecule has 0 amide bonds. The Kier molecular flexibility index (Phi) is 8.76. The number of halogens is 3. The van der Waals surface area contributed by atoms with Crippen molar-refractivity contribution in [1.29, 1.82) is 0 Å². The Morgan fingerprint density at radius 1 is 1.14 bits per heavy atom. The molecule has 0 unspecified atom stereocenters. The number of hydrogen-bond donors (Lipinski definition) is 3. The molecule has 0 atom stereocenters. The third-order valence-corrected chi connectivity index (χ3v) is 4.22. The molecule has 1 aromatic carbocycles. The van der Waals surface area contributed by atoms with Crippen LogP contribution in [-0.4, -0.2) is 46.4 Å². The van der Waals surface area contributed by atoms with Crippen molar-refractivity contribution in [2.24, 2.45) is 4.99 Å². The summed E-state index contributed by atoms with van der Waals surface area (Å²) in [6.45, 7) is 5.83. The van der Waals surface area contributed by atoms with Crippen LogP contribution in [0.4, 0.5) is 13.2 Å². The molecule has 0 aliphatic heterocycles. The summed E-state index contributed by atoms with van der Waals surface area (Å²) in [6, 6.07) is 3.88. The number of ether oxygens (including phenoxy) is 1. The summed E-state index contributed by atoms with van der Waals surface area (Å²) in [5.41, 5.74) is -1.33. The Labute approximate surface area is 170 Å². The van der Waals surface area contributed by atoms with Gasteiger partial charge in [0.15, 0.2) is 5.96 Å². The number of alkyl halides is 3. The van der Waals surface area contributed by atoms with Gasteiger partial charge in [0.25, 0.3) is 0 Å². The van der Waals surface area contributed by atoms with Crippen LogP contribution in [0.5, 0.6) is 5.75 Å². The molecule has 11 heteroatoms. The van der Waals surface area contributed by atoms with Crippen molar-refractivity contribution >= 4 is 16.0 Å². The molecule has 0 spiro atoms. The SMILES string of the molecule is CN=C(NCCCNS(C)(=O)=O)NCc1ccc(OC(C)(C)C)cc1C(F)(F)F. The van der Waals surface area contributed by atoms with E-state index in [0.29, 0.717) is 18.9 Å². The quantitative estimate of drug-likeness (QED) is 0.330. The number of sulfonamides is 1. The average Bonchev–Trinajstić information content (AvgIpc) is 2.54. The number of rotatable bonds is 8. The molecule has 0 aromatic heterocycles. The maximum absolute atomic E-state index is 13.5. The lowest BCUT2D eigenvalue weighted by atomic mass is 10.1. The van der Waals surface area contributed by atoms with Crippen molar-refractivity contribution in [1.82, 2.24) is 15.4 Å². The van der Waals surface area contributed by atoms with Gasteiger partial charge in [-0.3, -0.25) is 4.99 Å². The van der Waals surface area contributed by atoms with Crippen LogP contribution >= 0.6 is 0 Å². The first-order valence-corrected chi connectivity index (χ1v) is 10.9. The number of benzene rings is 1. The molecule has 0 heterocycles. The van der Waals surface area contributed by atoms with Gasteiger partial charge in [0.1, 0.15) is 11.4 Å². The Hall–Kier alpha value is -2.01. The number of aliphatic imine (C=N–C) groups is 1. The molecule has 7 nitrogen and oxygen atoms in total. The van der Waals surface area contributed by atoms with Crippen molar-refractivity contribution in [3.8, 4) is 5.75 Å². The van der Waals surface area contributed by atoms with Crippen LogP contribution in [0.2, 0.25) is 0 Å². The number of nitrogens with one attached hydrogen (secondary N) is 3. The number of nitrogens with zero attached hydrogens (tertiary/aromatic N) is 1. The Morgan fingerprint density at radius 2 is 1.79 bits per heavy atom. The maximum Gasteiger partial charge on any atom is 0.416 e. The summed E-state index contributed by atoms with van der Waals surface area (Å²) in [5.74, 6) is 0.460. The second-order valence-corrected chi connectivity index (χ2v) is 9.24. The minimum atomic E-state index is -4.53. The van der Waals surface area contributed by atoms with Crippen LogP contribution < -0.4 is 20.1 Å². The molecule has 0 saturated heterocycles. The molecule has 3 N–H and O–H groups in total. The van der Waals surface area contributed by atoms with Crippen molar-refractivity contribution in [2.75, 3.05) is 26.4 Å². The lowest BCUT2D eigenvalue weighted by Gasteiger charge is -2.23. The van der Waals surface area contributed by atoms with Crippen molar-refractivity contribution in [2.45, 2.75) is 45.5 Å². The lowest BCUT2D eigenvalue weighted by Crippen LogP contribution is -2.38. The van der Waals surface area contributed by atoms with Crippen LogP contribution in [-0.2, 0) is 22.7 Å². The molecule has 1 aromatic rings.